The number of methoxy groups -OCH3 is 1. The number of carbonyl (C=O) groups is 3. The quantitative estimate of drug-likeness (QED) is 0.590. The molecule has 0 aliphatic rings. The number of hydrogen-bond acceptors (Lipinski definition) is 5. The van der Waals surface area contributed by atoms with Crippen molar-refractivity contribution < 1.29 is 29.0 Å². The summed E-state index contributed by atoms with van der Waals surface area (Å²) in [6.07, 6.45) is 0.372. The monoisotopic (exact) mass is 459 g/mol. The highest BCUT2D eigenvalue weighted by Crippen LogP contribution is 2.27. The van der Waals surface area contributed by atoms with Gasteiger partial charge in [-0.05, 0) is 64.1 Å². The van der Waals surface area contributed by atoms with E-state index >= 15 is 0 Å². The van der Waals surface area contributed by atoms with E-state index in [1.54, 1.807) is 51.1 Å². The molecule has 0 bridgehead atoms. The summed E-state index contributed by atoms with van der Waals surface area (Å²) in [7, 11) is 1.44. The summed E-state index contributed by atoms with van der Waals surface area (Å²) in [5.74, 6) is -1.61. The normalized spacial score (nSPS) is 12.6. The van der Waals surface area contributed by atoms with Gasteiger partial charge in [0.05, 0.1) is 18.7 Å². The summed E-state index contributed by atoms with van der Waals surface area (Å²) in [6, 6.07) is 11.7. The van der Waals surface area contributed by atoms with E-state index in [1.807, 2.05) is 0 Å². The van der Waals surface area contributed by atoms with Crippen LogP contribution in [0.2, 0.25) is 5.02 Å². The standard InChI is InChI=1S/C24H26ClNO6/c1-15(19(22(28)29)14-17-13-18(25)11-12-20(17)31-5)26(23(30)32-24(2,3)4)21(27)16-9-7-6-8-10-16/h6-15H,1-5H3,(H,28,29)/b19-14+. The predicted molar refractivity (Wildman–Crippen MR) is 122 cm³/mol. The smallest absolute Gasteiger partial charge is 0.417 e. The second kappa shape index (κ2) is 10.3. The van der Waals surface area contributed by atoms with Gasteiger partial charge in [-0.15, -0.1) is 0 Å². The molecule has 1 N–H and O–H groups in total. The zero-order valence-corrected chi connectivity index (χ0v) is 19.3. The van der Waals surface area contributed by atoms with Crippen LogP contribution in [0.3, 0.4) is 0 Å². The number of ether oxygens (including phenoxy) is 2. The number of nitrogens with zero attached hydrogens (tertiary/aromatic N) is 1. The van der Waals surface area contributed by atoms with Crippen molar-refractivity contribution in [2.75, 3.05) is 7.11 Å². The average Bonchev–Trinajstić information content (AvgIpc) is 2.71. The predicted octanol–water partition coefficient (Wildman–Crippen LogP) is 5.28. The first-order chi connectivity index (χ1) is 14.9. The molecule has 0 fully saturated rings. The molecule has 2 aromatic carbocycles. The Bertz CT molecular complexity index is 1030. The molecule has 0 aromatic heterocycles. The Morgan fingerprint density at radius 1 is 1.09 bits per heavy atom. The molecule has 2 amide bonds. The van der Waals surface area contributed by atoms with Crippen LogP contribution < -0.4 is 4.74 Å². The van der Waals surface area contributed by atoms with E-state index in [-0.39, 0.29) is 11.1 Å². The highest BCUT2D eigenvalue weighted by molar-refractivity contribution is 6.30. The molecule has 2 aromatic rings. The first-order valence-electron chi connectivity index (χ1n) is 9.84. The molecule has 0 heterocycles. The van der Waals surface area contributed by atoms with Crippen molar-refractivity contribution >= 4 is 35.6 Å². The van der Waals surface area contributed by atoms with Gasteiger partial charge >= 0.3 is 12.1 Å². The van der Waals surface area contributed by atoms with Gasteiger partial charge in [-0.25, -0.2) is 14.5 Å². The van der Waals surface area contributed by atoms with Crippen molar-refractivity contribution in [2.24, 2.45) is 0 Å². The van der Waals surface area contributed by atoms with Crippen LogP contribution in [-0.4, -0.2) is 46.7 Å². The van der Waals surface area contributed by atoms with Crippen LogP contribution in [0.15, 0.2) is 54.1 Å². The lowest BCUT2D eigenvalue weighted by Gasteiger charge is -2.30. The molecule has 0 radical (unpaired) electrons. The lowest BCUT2D eigenvalue weighted by molar-refractivity contribution is -0.133. The maximum atomic E-state index is 13.2. The number of hydrogen-bond donors (Lipinski definition) is 1. The Labute approximate surface area is 192 Å². The molecule has 7 nitrogen and oxygen atoms in total. The van der Waals surface area contributed by atoms with Gasteiger partial charge < -0.3 is 14.6 Å². The first kappa shape index (κ1) is 24.9. The summed E-state index contributed by atoms with van der Waals surface area (Å²) in [6.45, 7) is 6.42. The highest BCUT2D eigenvalue weighted by atomic mass is 35.5. The second-order valence-corrected chi connectivity index (χ2v) is 8.43. The van der Waals surface area contributed by atoms with Crippen LogP contribution in [0, 0.1) is 0 Å². The maximum absolute atomic E-state index is 13.2. The lowest BCUT2D eigenvalue weighted by Crippen LogP contribution is -2.47. The molecule has 1 unspecified atom stereocenters. The van der Waals surface area contributed by atoms with Gasteiger partial charge in [-0.3, -0.25) is 4.79 Å². The van der Waals surface area contributed by atoms with Crippen molar-refractivity contribution in [3.8, 4) is 5.75 Å². The number of carboxylic acid groups (broad SMARTS) is 1. The van der Waals surface area contributed by atoms with Crippen molar-refractivity contribution in [3.63, 3.8) is 0 Å². The number of aliphatic carboxylic acids is 1. The van der Waals surface area contributed by atoms with Crippen molar-refractivity contribution in [1.29, 1.82) is 0 Å². The third-order valence-electron chi connectivity index (χ3n) is 4.42. The number of imide groups is 1. The fourth-order valence-corrected chi connectivity index (χ4v) is 3.11. The fraction of sp³-hybridized carbons (Fsp3) is 0.292. The minimum absolute atomic E-state index is 0.218. The minimum Gasteiger partial charge on any atom is -0.496 e. The molecule has 2 rings (SSSR count). The molecule has 0 spiro atoms. The Balaban J connectivity index is 2.59. The Hall–Kier alpha value is -3.32. The number of carboxylic acids is 1. The van der Waals surface area contributed by atoms with E-state index in [4.69, 9.17) is 21.1 Å². The molecular weight excluding hydrogens is 434 g/mol. The Morgan fingerprint density at radius 2 is 1.72 bits per heavy atom. The number of amides is 2. The van der Waals surface area contributed by atoms with Crippen LogP contribution in [0.1, 0.15) is 43.6 Å². The van der Waals surface area contributed by atoms with Gasteiger partial charge in [0.2, 0.25) is 0 Å². The van der Waals surface area contributed by atoms with E-state index in [2.05, 4.69) is 0 Å². The number of halogens is 1. The van der Waals surface area contributed by atoms with E-state index < -0.39 is 29.6 Å². The van der Waals surface area contributed by atoms with Crippen LogP contribution in [-0.2, 0) is 9.53 Å². The summed E-state index contributed by atoms with van der Waals surface area (Å²) >= 11 is 6.06. The number of rotatable bonds is 6. The van der Waals surface area contributed by atoms with Crippen LogP contribution in [0.4, 0.5) is 4.79 Å². The van der Waals surface area contributed by atoms with Crippen molar-refractivity contribution in [1.82, 2.24) is 4.90 Å². The zero-order valence-electron chi connectivity index (χ0n) is 18.6. The lowest BCUT2D eigenvalue weighted by atomic mass is 10.0. The van der Waals surface area contributed by atoms with Gasteiger partial charge in [0.15, 0.2) is 0 Å². The molecule has 0 aliphatic carbocycles. The Kier molecular flexibility index (Phi) is 8.05. The van der Waals surface area contributed by atoms with E-state index in [0.29, 0.717) is 16.3 Å². The van der Waals surface area contributed by atoms with Crippen LogP contribution in [0.25, 0.3) is 6.08 Å². The molecule has 1 atom stereocenters. The van der Waals surface area contributed by atoms with E-state index in [0.717, 1.165) is 4.90 Å². The van der Waals surface area contributed by atoms with Gasteiger partial charge in [0.25, 0.3) is 5.91 Å². The van der Waals surface area contributed by atoms with E-state index in [9.17, 15) is 19.5 Å². The highest BCUT2D eigenvalue weighted by Gasteiger charge is 2.35. The zero-order chi connectivity index (χ0) is 24.1. The van der Waals surface area contributed by atoms with Crippen LogP contribution in [0.5, 0.6) is 5.75 Å². The molecule has 8 heteroatoms. The first-order valence-corrected chi connectivity index (χ1v) is 10.2. The van der Waals surface area contributed by atoms with Crippen molar-refractivity contribution in [2.45, 2.75) is 39.3 Å². The summed E-state index contributed by atoms with van der Waals surface area (Å²) in [5, 5.41) is 10.3. The molecule has 170 valence electrons. The Morgan fingerprint density at radius 3 is 2.25 bits per heavy atom. The summed E-state index contributed by atoms with van der Waals surface area (Å²) in [5.41, 5.74) is -0.508. The summed E-state index contributed by atoms with van der Waals surface area (Å²) in [4.78, 5) is 39.2. The van der Waals surface area contributed by atoms with Crippen molar-refractivity contribution in [3.05, 3.63) is 70.3 Å². The van der Waals surface area contributed by atoms with E-state index in [1.165, 1.54) is 38.3 Å². The third-order valence-corrected chi connectivity index (χ3v) is 4.65. The number of benzene rings is 2. The largest absolute Gasteiger partial charge is 0.496 e. The summed E-state index contributed by atoms with van der Waals surface area (Å²) < 4.78 is 10.7. The second-order valence-electron chi connectivity index (χ2n) is 7.99. The number of carbonyl (C=O) groups excluding carboxylic acids is 2. The van der Waals surface area contributed by atoms with Gasteiger partial charge in [-0.1, -0.05) is 29.8 Å². The molecule has 0 aliphatic heterocycles. The molecule has 0 saturated heterocycles. The van der Waals surface area contributed by atoms with Crippen LogP contribution >= 0.6 is 11.6 Å². The average molecular weight is 460 g/mol. The topological polar surface area (TPSA) is 93.1 Å². The maximum Gasteiger partial charge on any atom is 0.417 e. The van der Waals surface area contributed by atoms with Gasteiger partial charge in [0.1, 0.15) is 11.4 Å². The molecular formula is C24H26ClNO6. The molecule has 0 saturated carbocycles. The third kappa shape index (κ3) is 6.34. The minimum atomic E-state index is -1.31. The van der Waals surface area contributed by atoms with Gasteiger partial charge in [-0.2, -0.15) is 0 Å². The molecule has 32 heavy (non-hydrogen) atoms. The van der Waals surface area contributed by atoms with Gasteiger partial charge in [0, 0.05) is 16.1 Å². The fourth-order valence-electron chi connectivity index (χ4n) is 2.93. The SMILES string of the molecule is COc1ccc(Cl)cc1/C=C(/C(=O)O)C(C)N(C(=O)OC(C)(C)C)C(=O)c1ccccc1.